The lowest BCUT2D eigenvalue weighted by Crippen LogP contribution is -2.52. The van der Waals surface area contributed by atoms with Gasteiger partial charge in [-0.2, -0.15) is 11.8 Å². The van der Waals surface area contributed by atoms with Crippen molar-refractivity contribution in [3.8, 4) is 0 Å². The number of halogens is 1. The van der Waals surface area contributed by atoms with Crippen LogP contribution in [-0.4, -0.2) is 46.5 Å². The Labute approximate surface area is 208 Å². The van der Waals surface area contributed by atoms with E-state index in [1.807, 2.05) is 76.4 Å². The summed E-state index contributed by atoms with van der Waals surface area (Å²) in [4.78, 5) is 38.3. The second-order valence-corrected chi connectivity index (χ2v) is 9.54. The monoisotopic (exact) mass is 499 g/mol. The lowest BCUT2D eigenvalue weighted by Gasteiger charge is -2.30. The minimum atomic E-state index is -0.779. The van der Waals surface area contributed by atoms with Gasteiger partial charge in [-0.15, -0.1) is 12.4 Å². The zero-order valence-electron chi connectivity index (χ0n) is 20.1. The molecule has 0 unspecified atom stereocenters. The van der Waals surface area contributed by atoms with Gasteiger partial charge in [0.05, 0.1) is 17.6 Å². The van der Waals surface area contributed by atoms with Crippen LogP contribution in [0.15, 0.2) is 36.4 Å². The van der Waals surface area contributed by atoms with E-state index in [-0.39, 0.29) is 42.3 Å². The third-order valence-corrected chi connectivity index (χ3v) is 5.39. The molecule has 0 heterocycles. The van der Waals surface area contributed by atoms with Gasteiger partial charge in [0, 0.05) is 6.54 Å². The van der Waals surface area contributed by atoms with Crippen LogP contribution < -0.4 is 10.9 Å². The molecule has 1 rings (SSSR count). The molecule has 0 fully saturated rings. The number of hydrogen-bond donors (Lipinski definition) is 3. The SMILES string of the molecule is CSCC(=O)N(CC(C)C)NC(=O)[C@H](CC(C)C)[C@H](CC=Cc1ccccc1)C(=O)NO.Cl. The van der Waals surface area contributed by atoms with E-state index in [2.05, 4.69) is 5.43 Å². The molecule has 186 valence electrons. The summed E-state index contributed by atoms with van der Waals surface area (Å²) in [6, 6.07) is 9.64. The maximum Gasteiger partial charge on any atom is 0.250 e. The Kier molecular flexibility index (Phi) is 15.5. The van der Waals surface area contributed by atoms with E-state index in [4.69, 9.17) is 0 Å². The molecule has 0 aliphatic rings. The summed E-state index contributed by atoms with van der Waals surface area (Å²) in [6.45, 7) is 8.25. The highest BCUT2D eigenvalue weighted by Crippen LogP contribution is 2.25. The number of rotatable bonds is 12. The van der Waals surface area contributed by atoms with Crippen LogP contribution >= 0.6 is 24.2 Å². The number of benzene rings is 1. The Hall–Kier alpha value is -2.03. The molecule has 3 amide bonds. The average molecular weight is 500 g/mol. The molecule has 1 aromatic carbocycles. The number of amides is 3. The van der Waals surface area contributed by atoms with Crippen LogP contribution in [0.25, 0.3) is 6.08 Å². The fourth-order valence-corrected chi connectivity index (χ4v) is 3.81. The third-order valence-electron chi connectivity index (χ3n) is 4.86. The smallest absolute Gasteiger partial charge is 0.250 e. The first kappa shape index (κ1) is 31.0. The number of carbonyl (C=O) groups excluding carboxylic acids is 3. The normalized spacial score (nSPS) is 12.8. The number of allylic oxidation sites excluding steroid dienone is 1. The van der Waals surface area contributed by atoms with E-state index >= 15 is 0 Å². The van der Waals surface area contributed by atoms with Crippen molar-refractivity contribution in [2.75, 3.05) is 18.6 Å². The second kappa shape index (κ2) is 16.6. The highest BCUT2D eigenvalue weighted by atomic mass is 35.5. The molecule has 1 aromatic rings. The highest BCUT2D eigenvalue weighted by Gasteiger charge is 2.34. The van der Waals surface area contributed by atoms with Gasteiger partial charge >= 0.3 is 0 Å². The Morgan fingerprint density at radius 1 is 1.03 bits per heavy atom. The number of hydrogen-bond acceptors (Lipinski definition) is 5. The van der Waals surface area contributed by atoms with Gasteiger partial charge in [0.15, 0.2) is 0 Å². The quantitative estimate of drug-likeness (QED) is 0.296. The highest BCUT2D eigenvalue weighted by molar-refractivity contribution is 7.99. The van der Waals surface area contributed by atoms with Crippen molar-refractivity contribution in [3.63, 3.8) is 0 Å². The van der Waals surface area contributed by atoms with Gasteiger partial charge in [-0.3, -0.25) is 30.0 Å². The number of nitrogens with one attached hydrogen (secondary N) is 2. The lowest BCUT2D eigenvalue weighted by atomic mass is 9.82. The first-order valence-electron chi connectivity index (χ1n) is 10.9. The van der Waals surface area contributed by atoms with Gasteiger partial charge in [-0.05, 0) is 36.5 Å². The Balaban J connectivity index is 0.0000102. The summed E-state index contributed by atoms with van der Waals surface area (Å²) in [5, 5.41) is 10.7. The summed E-state index contributed by atoms with van der Waals surface area (Å²) in [5.74, 6) is -2.13. The summed E-state index contributed by atoms with van der Waals surface area (Å²) < 4.78 is 0. The van der Waals surface area contributed by atoms with Gasteiger partial charge in [-0.1, -0.05) is 70.2 Å². The molecule has 33 heavy (non-hydrogen) atoms. The summed E-state index contributed by atoms with van der Waals surface area (Å²) in [7, 11) is 0. The minimum absolute atomic E-state index is 0. The molecule has 0 aromatic heterocycles. The molecule has 9 heteroatoms. The first-order chi connectivity index (χ1) is 15.2. The van der Waals surface area contributed by atoms with Crippen molar-refractivity contribution in [1.29, 1.82) is 0 Å². The largest absolute Gasteiger partial charge is 0.289 e. The van der Waals surface area contributed by atoms with Crippen LogP contribution in [0.5, 0.6) is 0 Å². The van der Waals surface area contributed by atoms with Crippen LogP contribution in [0.3, 0.4) is 0 Å². The lowest BCUT2D eigenvalue weighted by molar-refractivity contribution is -0.146. The fourth-order valence-electron chi connectivity index (χ4n) is 3.41. The molecular weight excluding hydrogens is 462 g/mol. The Bertz CT molecular complexity index is 759. The minimum Gasteiger partial charge on any atom is -0.289 e. The van der Waals surface area contributed by atoms with E-state index in [0.717, 1.165) is 5.56 Å². The van der Waals surface area contributed by atoms with Crippen molar-refractivity contribution in [2.24, 2.45) is 23.7 Å². The molecular formula is C24H38ClN3O4S. The molecule has 0 aliphatic carbocycles. The number of hydrazine groups is 1. The molecule has 3 N–H and O–H groups in total. The summed E-state index contributed by atoms with van der Waals surface area (Å²) in [5.41, 5.74) is 5.44. The fraction of sp³-hybridized carbons (Fsp3) is 0.542. The number of thioether (sulfide) groups is 1. The Morgan fingerprint density at radius 2 is 1.67 bits per heavy atom. The topological polar surface area (TPSA) is 98.7 Å². The van der Waals surface area contributed by atoms with Crippen molar-refractivity contribution < 1.29 is 19.6 Å². The van der Waals surface area contributed by atoms with Crippen LogP contribution in [0.1, 0.15) is 46.1 Å². The predicted molar refractivity (Wildman–Crippen MR) is 137 cm³/mol. The van der Waals surface area contributed by atoms with Crippen molar-refractivity contribution in [3.05, 3.63) is 42.0 Å². The Morgan fingerprint density at radius 3 is 2.18 bits per heavy atom. The van der Waals surface area contributed by atoms with Crippen LogP contribution in [-0.2, 0) is 14.4 Å². The summed E-state index contributed by atoms with van der Waals surface area (Å²) >= 11 is 1.39. The van der Waals surface area contributed by atoms with Gasteiger partial charge in [0.25, 0.3) is 5.91 Å². The van der Waals surface area contributed by atoms with Gasteiger partial charge in [0.2, 0.25) is 11.8 Å². The summed E-state index contributed by atoms with van der Waals surface area (Å²) in [6.07, 6.45) is 6.26. The number of carbonyl (C=O) groups is 3. The van der Waals surface area contributed by atoms with Crippen molar-refractivity contribution >= 4 is 48.0 Å². The molecule has 0 aliphatic heterocycles. The molecule has 0 spiro atoms. The van der Waals surface area contributed by atoms with Gasteiger partial charge in [-0.25, -0.2) is 5.48 Å². The first-order valence-corrected chi connectivity index (χ1v) is 12.3. The number of hydroxylamine groups is 1. The molecule has 0 radical (unpaired) electrons. The zero-order valence-corrected chi connectivity index (χ0v) is 21.7. The average Bonchev–Trinajstić information content (AvgIpc) is 2.74. The van der Waals surface area contributed by atoms with Crippen molar-refractivity contribution in [1.82, 2.24) is 15.9 Å². The standard InChI is InChI=1S/C24H37N3O4S.ClH/c1-17(2)14-21(23(29)25-27(15-18(3)4)22(28)16-32-5)20(24(30)26-31)13-9-12-19-10-7-6-8-11-19;/h6-12,17-18,20-21,31H,13-16H2,1-5H3,(H,25,29)(H,26,30);1H/t20-,21+;/m0./s1. The van der Waals surface area contributed by atoms with Crippen molar-refractivity contribution in [2.45, 2.75) is 40.5 Å². The van der Waals surface area contributed by atoms with Crippen LogP contribution in [0.4, 0.5) is 0 Å². The van der Waals surface area contributed by atoms with E-state index in [1.165, 1.54) is 16.8 Å². The van der Waals surface area contributed by atoms with Gasteiger partial charge < -0.3 is 0 Å². The molecule has 2 atom stereocenters. The van der Waals surface area contributed by atoms with Crippen LogP contribution in [0.2, 0.25) is 0 Å². The molecule has 0 saturated carbocycles. The zero-order chi connectivity index (χ0) is 24.1. The van der Waals surface area contributed by atoms with E-state index in [1.54, 1.807) is 5.48 Å². The van der Waals surface area contributed by atoms with Crippen LogP contribution in [0, 0.1) is 23.7 Å². The third kappa shape index (κ3) is 11.6. The maximum atomic E-state index is 13.3. The molecule has 7 nitrogen and oxygen atoms in total. The maximum absolute atomic E-state index is 13.3. The van der Waals surface area contributed by atoms with E-state index in [9.17, 15) is 19.6 Å². The predicted octanol–water partition coefficient (Wildman–Crippen LogP) is 4.17. The molecule has 0 saturated heterocycles. The number of nitrogens with zero attached hydrogens (tertiary/aromatic N) is 1. The second-order valence-electron chi connectivity index (χ2n) is 8.67. The van der Waals surface area contributed by atoms with Gasteiger partial charge in [0.1, 0.15) is 0 Å². The molecule has 0 bridgehead atoms. The van der Waals surface area contributed by atoms with E-state index in [0.29, 0.717) is 13.0 Å². The van der Waals surface area contributed by atoms with E-state index < -0.39 is 23.7 Å².